The molecule has 9 rings (SSSR count). The second kappa shape index (κ2) is 7.60. The molecule has 4 unspecified atom stereocenters. The molecule has 4 atom stereocenters. The molecule has 6 fully saturated rings. The molecule has 0 amide bonds. The summed E-state index contributed by atoms with van der Waals surface area (Å²) in [5.41, 5.74) is 2.32. The number of benzene rings is 1. The van der Waals surface area contributed by atoms with E-state index in [2.05, 4.69) is 14.9 Å². The van der Waals surface area contributed by atoms with Gasteiger partial charge in [0.1, 0.15) is 0 Å². The van der Waals surface area contributed by atoms with E-state index in [-0.39, 0.29) is 11.6 Å². The fraction of sp³-hybridized carbons (Fsp3) is 0.586. The third-order valence-corrected chi connectivity index (χ3v) is 10.5. The summed E-state index contributed by atoms with van der Waals surface area (Å²) in [6, 6.07) is 10.9. The fourth-order valence-electron chi connectivity index (χ4n) is 9.66. The van der Waals surface area contributed by atoms with Gasteiger partial charge in [0.05, 0.1) is 16.7 Å². The Hall–Kier alpha value is -2.80. The van der Waals surface area contributed by atoms with Crippen LogP contribution in [-0.4, -0.2) is 42.0 Å². The predicted molar refractivity (Wildman–Crippen MR) is 138 cm³/mol. The molecule has 3 aromatic rings. The van der Waals surface area contributed by atoms with Gasteiger partial charge in [-0.3, -0.25) is 9.69 Å². The highest BCUT2D eigenvalue weighted by Gasteiger charge is 2.63. The molecular formula is C29H33N5O2. The zero-order valence-corrected chi connectivity index (χ0v) is 20.6. The molecule has 6 aliphatic rings. The highest BCUT2D eigenvalue weighted by Crippen LogP contribution is 2.65. The molecular weight excluding hydrogens is 450 g/mol. The van der Waals surface area contributed by atoms with Crippen LogP contribution in [0.5, 0.6) is 0 Å². The number of hydrogen-bond donors (Lipinski definition) is 1. The Morgan fingerprint density at radius 3 is 2.39 bits per heavy atom. The van der Waals surface area contributed by atoms with Crippen LogP contribution in [0.3, 0.4) is 0 Å². The Morgan fingerprint density at radius 2 is 1.64 bits per heavy atom. The van der Waals surface area contributed by atoms with E-state index in [0.29, 0.717) is 29.0 Å². The van der Waals surface area contributed by atoms with Crippen molar-refractivity contribution in [2.24, 2.45) is 17.8 Å². The standard InChI is InChI=1S/C29H33N5O2/c35-27-26(24-8-9-30-28(36)32-24)31-23-6-1-2-7-25(23)33(27)22-13-20-4-3-5-21(14-22)34(20)29-15-17-10-18(16-29)12-19(29)11-17/h1-2,6-9,17-22H,3-5,10-16H2,(H,30,32,36). The van der Waals surface area contributed by atoms with Crippen molar-refractivity contribution >= 4 is 11.0 Å². The molecule has 0 radical (unpaired) electrons. The number of aromatic amines is 1. The SMILES string of the molecule is O=c1nccc(-c2nc3ccccc3n(C3CC4CCCC(C3)N4C34CC5CC(CC3C5)C4)c2=O)[nH]1. The third kappa shape index (κ3) is 2.95. The van der Waals surface area contributed by atoms with Crippen molar-refractivity contribution in [1.82, 2.24) is 24.4 Å². The van der Waals surface area contributed by atoms with Gasteiger partial charge in [-0.05, 0) is 93.7 Å². The van der Waals surface area contributed by atoms with Crippen LogP contribution in [0, 0.1) is 17.8 Å². The van der Waals surface area contributed by atoms with Crippen LogP contribution >= 0.6 is 0 Å². The molecule has 1 aromatic carbocycles. The Morgan fingerprint density at radius 1 is 0.889 bits per heavy atom. The normalized spacial score (nSPS) is 37.1. The molecule has 0 spiro atoms. The molecule has 1 N–H and O–H groups in total. The van der Waals surface area contributed by atoms with E-state index in [1.54, 1.807) is 6.07 Å². The third-order valence-electron chi connectivity index (χ3n) is 10.5. The first-order valence-corrected chi connectivity index (χ1v) is 13.9. The number of rotatable bonds is 3. The van der Waals surface area contributed by atoms with Gasteiger partial charge < -0.3 is 9.55 Å². The molecule has 6 bridgehead atoms. The maximum atomic E-state index is 14.0. The first kappa shape index (κ1) is 21.3. The fourth-order valence-corrected chi connectivity index (χ4v) is 9.66. The summed E-state index contributed by atoms with van der Waals surface area (Å²) in [6.45, 7) is 0. The van der Waals surface area contributed by atoms with E-state index in [1.165, 1.54) is 57.6 Å². The Kier molecular flexibility index (Phi) is 4.50. The summed E-state index contributed by atoms with van der Waals surface area (Å²) in [5.74, 6) is 2.82. The average Bonchev–Trinajstić information content (AvgIpc) is 3.26. The second-order valence-corrected chi connectivity index (χ2v) is 12.3. The summed E-state index contributed by atoms with van der Waals surface area (Å²) in [5, 5.41) is 0. The van der Waals surface area contributed by atoms with Gasteiger partial charge in [0, 0.05) is 29.9 Å². The lowest BCUT2D eigenvalue weighted by atomic mass is 9.73. The van der Waals surface area contributed by atoms with Gasteiger partial charge >= 0.3 is 5.69 Å². The van der Waals surface area contributed by atoms with Crippen molar-refractivity contribution in [3.63, 3.8) is 0 Å². The lowest BCUT2D eigenvalue weighted by molar-refractivity contribution is -0.0816. The van der Waals surface area contributed by atoms with E-state index in [9.17, 15) is 9.59 Å². The van der Waals surface area contributed by atoms with Gasteiger partial charge in [-0.15, -0.1) is 0 Å². The van der Waals surface area contributed by atoms with E-state index in [4.69, 9.17) is 4.98 Å². The van der Waals surface area contributed by atoms with Crippen molar-refractivity contribution in [3.05, 3.63) is 57.4 Å². The first-order chi connectivity index (χ1) is 17.6. The zero-order valence-electron chi connectivity index (χ0n) is 20.6. The Balaban J connectivity index is 1.22. The Bertz CT molecular complexity index is 1450. The van der Waals surface area contributed by atoms with Gasteiger partial charge in [-0.2, -0.15) is 0 Å². The van der Waals surface area contributed by atoms with Gasteiger partial charge in [-0.1, -0.05) is 18.6 Å². The minimum atomic E-state index is -0.462. The lowest BCUT2D eigenvalue weighted by Crippen LogP contribution is -2.63. The summed E-state index contributed by atoms with van der Waals surface area (Å²) in [6.07, 6.45) is 14.5. The maximum absolute atomic E-state index is 14.0. The second-order valence-electron chi connectivity index (χ2n) is 12.3. The van der Waals surface area contributed by atoms with Crippen molar-refractivity contribution in [1.29, 1.82) is 0 Å². The number of para-hydroxylation sites is 2. The summed E-state index contributed by atoms with van der Waals surface area (Å²) in [7, 11) is 0. The number of piperidine rings is 2. The minimum absolute atomic E-state index is 0.105. The largest absolute Gasteiger partial charge is 0.345 e. The number of fused-ring (bicyclic) bond motifs is 3. The number of nitrogens with zero attached hydrogens (tertiary/aromatic N) is 4. The van der Waals surface area contributed by atoms with Gasteiger partial charge in [-0.25, -0.2) is 14.8 Å². The van der Waals surface area contributed by atoms with Gasteiger partial charge in [0.2, 0.25) is 0 Å². The minimum Gasteiger partial charge on any atom is -0.304 e. The molecule has 36 heavy (non-hydrogen) atoms. The van der Waals surface area contributed by atoms with Crippen LogP contribution in [0.15, 0.2) is 46.1 Å². The van der Waals surface area contributed by atoms with Gasteiger partial charge in [0.15, 0.2) is 5.69 Å². The van der Waals surface area contributed by atoms with E-state index < -0.39 is 5.69 Å². The zero-order chi connectivity index (χ0) is 24.0. The topological polar surface area (TPSA) is 83.9 Å². The average molecular weight is 484 g/mol. The molecule has 186 valence electrons. The van der Waals surface area contributed by atoms with E-state index >= 15 is 0 Å². The van der Waals surface area contributed by atoms with Crippen LogP contribution in [0.1, 0.15) is 70.3 Å². The summed E-state index contributed by atoms with van der Waals surface area (Å²) < 4.78 is 2.02. The van der Waals surface area contributed by atoms with Crippen LogP contribution < -0.4 is 11.2 Å². The number of hydrogen-bond acceptors (Lipinski definition) is 5. The van der Waals surface area contributed by atoms with Crippen molar-refractivity contribution in [3.8, 4) is 11.4 Å². The molecule has 2 aromatic heterocycles. The molecule has 4 saturated carbocycles. The van der Waals surface area contributed by atoms with Gasteiger partial charge in [0.25, 0.3) is 5.56 Å². The number of aromatic nitrogens is 4. The molecule has 4 aliphatic carbocycles. The van der Waals surface area contributed by atoms with E-state index in [1.807, 2.05) is 28.8 Å². The highest BCUT2D eigenvalue weighted by molar-refractivity contribution is 5.77. The molecule has 2 saturated heterocycles. The molecule has 4 heterocycles. The maximum Gasteiger partial charge on any atom is 0.345 e. The Labute approximate surface area is 210 Å². The van der Waals surface area contributed by atoms with Crippen molar-refractivity contribution in [2.75, 3.05) is 0 Å². The quantitative estimate of drug-likeness (QED) is 0.601. The molecule has 7 nitrogen and oxygen atoms in total. The van der Waals surface area contributed by atoms with E-state index in [0.717, 1.165) is 41.6 Å². The monoisotopic (exact) mass is 483 g/mol. The molecule has 2 aliphatic heterocycles. The highest BCUT2D eigenvalue weighted by atomic mass is 16.1. The van der Waals surface area contributed by atoms with Crippen LogP contribution in [-0.2, 0) is 0 Å². The lowest BCUT2D eigenvalue weighted by Gasteiger charge is -2.58. The number of nitrogens with one attached hydrogen (secondary N) is 1. The summed E-state index contributed by atoms with van der Waals surface area (Å²) in [4.78, 5) is 40.2. The smallest absolute Gasteiger partial charge is 0.304 e. The van der Waals surface area contributed by atoms with Crippen LogP contribution in [0.2, 0.25) is 0 Å². The first-order valence-electron chi connectivity index (χ1n) is 13.9. The van der Waals surface area contributed by atoms with Crippen molar-refractivity contribution in [2.45, 2.75) is 87.9 Å². The molecule has 7 heteroatoms. The predicted octanol–water partition coefficient (Wildman–Crippen LogP) is 4.28. The summed E-state index contributed by atoms with van der Waals surface area (Å²) >= 11 is 0. The number of H-pyrrole nitrogens is 1. The van der Waals surface area contributed by atoms with Crippen molar-refractivity contribution < 1.29 is 0 Å². The van der Waals surface area contributed by atoms with Crippen LogP contribution in [0.4, 0.5) is 0 Å². The van der Waals surface area contributed by atoms with Crippen LogP contribution in [0.25, 0.3) is 22.4 Å².